The van der Waals surface area contributed by atoms with E-state index in [0.29, 0.717) is 57.2 Å². The van der Waals surface area contributed by atoms with E-state index in [0.717, 1.165) is 0 Å². The van der Waals surface area contributed by atoms with E-state index in [2.05, 4.69) is 0 Å². The first kappa shape index (κ1) is 16.2. The van der Waals surface area contributed by atoms with E-state index in [4.69, 9.17) is 27.6 Å². The van der Waals surface area contributed by atoms with E-state index in [1.54, 1.807) is 30.3 Å². The van der Waals surface area contributed by atoms with Crippen LogP contribution in [0.25, 0.3) is 21.9 Å². The lowest BCUT2D eigenvalue weighted by molar-refractivity contribution is -0.140. The fourth-order valence-corrected chi connectivity index (χ4v) is 3.77. The SMILES string of the molecule is O=C(O)C1CCN(c2cc3oc4c(Cl)cccc4c(=O)c3cc2Cl)C1. The van der Waals surface area contributed by atoms with Crippen molar-refractivity contribution in [2.75, 3.05) is 18.0 Å². The van der Waals surface area contributed by atoms with E-state index in [1.165, 1.54) is 0 Å². The lowest BCUT2D eigenvalue weighted by Crippen LogP contribution is -2.23. The number of carboxylic acids is 1. The highest BCUT2D eigenvalue weighted by Gasteiger charge is 2.29. The molecule has 1 atom stereocenters. The summed E-state index contributed by atoms with van der Waals surface area (Å²) in [7, 11) is 0. The van der Waals surface area contributed by atoms with Crippen LogP contribution in [0.3, 0.4) is 0 Å². The number of rotatable bonds is 2. The fraction of sp³-hybridized carbons (Fsp3) is 0.222. The molecule has 1 aliphatic heterocycles. The van der Waals surface area contributed by atoms with Gasteiger partial charge in [0.25, 0.3) is 0 Å². The molecule has 3 aromatic rings. The topological polar surface area (TPSA) is 70.8 Å². The summed E-state index contributed by atoms with van der Waals surface area (Å²) in [6.07, 6.45) is 0.553. The number of para-hydroxylation sites is 1. The largest absolute Gasteiger partial charge is 0.481 e. The third-order valence-electron chi connectivity index (χ3n) is 4.60. The molecule has 4 rings (SSSR count). The maximum atomic E-state index is 12.7. The normalized spacial score (nSPS) is 17.5. The average molecular weight is 378 g/mol. The van der Waals surface area contributed by atoms with Gasteiger partial charge in [-0.05, 0) is 24.6 Å². The molecular weight excluding hydrogens is 365 g/mol. The number of anilines is 1. The van der Waals surface area contributed by atoms with Gasteiger partial charge in [0, 0.05) is 19.2 Å². The monoisotopic (exact) mass is 377 g/mol. The maximum Gasteiger partial charge on any atom is 0.308 e. The van der Waals surface area contributed by atoms with Crippen LogP contribution in [-0.2, 0) is 4.79 Å². The summed E-state index contributed by atoms with van der Waals surface area (Å²) in [5.74, 6) is -1.24. The minimum absolute atomic E-state index is 0.197. The maximum absolute atomic E-state index is 12.7. The number of carbonyl (C=O) groups is 1. The Hall–Kier alpha value is -2.24. The minimum atomic E-state index is -0.816. The zero-order valence-corrected chi connectivity index (χ0v) is 14.5. The van der Waals surface area contributed by atoms with Gasteiger partial charge in [0.15, 0.2) is 5.58 Å². The van der Waals surface area contributed by atoms with Crippen molar-refractivity contribution in [3.8, 4) is 0 Å². The van der Waals surface area contributed by atoms with E-state index in [-0.39, 0.29) is 5.43 Å². The van der Waals surface area contributed by atoms with Crippen molar-refractivity contribution in [1.29, 1.82) is 0 Å². The molecule has 1 fully saturated rings. The molecule has 0 aliphatic carbocycles. The number of benzene rings is 2. The molecular formula is C18H13Cl2NO4. The zero-order valence-electron chi connectivity index (χ0n) is 13.0. The van der Waals surface area contributed by atoms with Crippen molar-refractivity contribution in [2.45, 2.75) is 6.42 Å². The molecule has 1 saturated heterocycles. The van der Waals surface area contributed by atoms with E-state index in [1.807, 2.05) is 4.90 Å². The van der Waals surface area contributed by atoms with Crippen LogP contribution in [0.15, 0.2) is 39.5 Å². The Kier molecular flexibility index (Phi) is 3.85. The molecule has 1 aromatic heterocycles. The molecule has 5 nitrogen and oxygen atoms in total. The summed E-state index contributed by atoms with van der Waals surface area (Å²) in [5.41, 5.74) is 1.17. The first-order valence-electron chi connectivity index (χ1n) is 7.78. The summed E-state index contributed by atoms with van der Waals surface area (Å²) < 4.78 is 5.85. The molecule has 2 aromatic carbocycles. The van der Waals surface area contributed by atoms with Crippen LogP contribution in [0, 0.1) is 5.92 Å². The molecule has 7 heteroatoms. The number of nitrogens with zero attached hydrogens (tertiary/aromatic N) is 1. The molecule has 0 bridgehead atoms. The number of fused-ring (bicyclic) bond motifs is 2. The highest BCUT2D eigenvalue weighted by atomic mass is 35.5. The highest BCUT2D eigenvalue weighted by molar-refractivity contribution is 6.35. The number of carboxylic acid groups (broad SMARTS) is 1. The van der Waals surface area contributed by atoms with E-state index in [9.17, 15) is 14.7 Å². The molecule has 0 saturated carbocycles. The highest BCUT2D eigenvalue weighted by Crippen LogP contribution is 2.35. The second kappa shape index (κ2) is 5.93. The van der Waals surface area contributed by atoms with Gasteiger partial charge in [0.1, 0.15) is 5.58 Å². The predicted octanol–water partition coefficient (Wildman–Crippen LogP) is 4.16. The molecule has 1 N–H and O–H groups in total. The Labute approximate surface area is 152 Å². The van der Waals surface area contributed by atoms with Gasteiger partial charge in [-0.15, -0.1) is 0 Å². The van der Waals surface area contributed by atoms with Gasteiger partial charge in [0.05, 0.1) is 32.4 Å². The second-order valence-corrected chi connectivity index (χ2v) is 6.93. The average Bonchev–Trinajstić information content (AvgIpc) is 3.06. The van der Waals surface area contributed by atoms with Crippen molar-refractivity contribution >= 4 is 56.8 Å². The Morgan fingerprint density at radius 1 is 1.20 bits per heavy atom. The smallest absolute Gasteiger partial charge is 0.308 e. The van der Waals surface area contributed by atoms with Crippen molar-refractivity contribution in [3.05, 3.63) is 50.6 Å². The Bertz CT molecular complexity index is 1080. The number of hydrogen-bond acceptors (Lipinski definition) is 4. The van der Waals surface area contributed by atoms with Gasteiger partial charge >= 0.3 is 5.97 Å². The first-order valence-corrected chi connectivity index (χ1v) is 8.53. The Morgan fingerprint density at radius 2 is 2.00 bits per heavy atom. The van der Waals surface area contributed by atoms with Crippen LogP contribution in [0.2, 0.25) is 10.0 Å². The molecule has 1 aliphatic rings. The molecule has 1 unspecified atom stereocenters. The van der Waals surface area contributed by atoms with Gasteiger partial charge in [-0.3, -0.25) is 9.59 Å². The first-order chi connectivity index (χ1) is 12.0. The lowest BCUT2D eigenvalue weighted by atomic mass is 10.1. The number of hydrogen-bond donors (Lipinski definition) is 1. The van der Waals surface area contributed by atoms with Crippen LogP contribution in [0.5, 0.6) is 0 Å². The summed E-state index contributed by atoms with van der Waals surface area (Å²) in [6, 6.07) is 8.28. The third-order valence-corrected chi connectivity index (χ3v) is 5.20. The van der Waals surface area contributed by atoms with Gasteiger partial charge in [0.2, 0.25) is 5.43 Å². The van der Waals surface area contributed by atoms with E-state index >= 15 is 0 Å². The fourth-order valence-electron chi connectivity index (χ4n) is 3.27. The summed E-state index contributed by atoms with van der Waals surface area (Å²) >= 11 is 12.5. The molecule has 0 radical (unpaired) electrons. The van der Waals surface area contributed by atoms with Crippen LogP contribution < -0.4 is 10.3 Å². The van der Waals surface area contributed by atoms with Gasteiger partial charge in [-0.1, -0.05) is 29.3 Å². The summed E-state index contributed by atoms with van der Waals surface area (Å²) in [6.45, 7) is 0.958. The predicted molar refractivity (Wildman–Crippen MR) is 98.0 cm³/mol. The van der Waals surface area contributed by atoms with Crippen LogP contribution in [-0.4, -0.2) is 24.2 Å². The Morgan fingerprint density at radius 3 is 2.72 bits per heavy atom. The minimum Gasteiger partial charge on any atom is -0.481 e. The van der Waals surface area contributed by atoms with Crippen molar-refractivity contribution in [2.24, 2.45) is 5.92 Å². The number of aliphatic carboxylic acids is 1. The summed E-state index contributed by atoms with van der Waals surface area (Å²) in [4.78, 5) is 25.8. The van der Waals surface area contributed by atoms with Crippen molar-refractivity contribution < 1.29 is 14.3 Å². The summed E-state index contributed by atoms with van der Waals surface area (Å²) in [5, 5.41) is 10.7. The van der Waals surface area contributed by atoms with Gasteiger partial charge < -0.3 is 14.4 Å². The molecule has 0 amide bonds. The van der Waals surface area contributed by atoms with Gasteiger partial charge in [-0.2, -0.15) is 0 Å². The third kappa shape index (κ3) is 2.64. The van der Waals surface area contributed by atoms with Crippen LogP contribution in [0.4, 0.5) is 5.69 Å². The van der Waals surface area contributed by atoms with Crippen molar-refractivity contribution in [1.82, 2.24) is 0 Å². The Balaban J connectivity index is 1.90. The standard InChI is InChI=1S/C18H13Cl2NO4/c19-12-3-1-2-10-16(22)11-6-13(20)14(7-15(11)25-17(10)12)21-5-4-9(8-21)18(23)24/h1-3,6-7,9H,4-5,8H2,(H,23,24). The van der Waals surface area contributed by atoms with Crippen LogP contribution >= 0.6 is 23.2 Å². The second-order valence-electron chi connectivity index (χ2n) is 6.12. The molecule has 128 valence electrons. The molecule has 25 heavy (non-hydrogen) atoms. The van der Waals surface area contributed by atoms with Crippen LogP contribution in [0.1, 0.15) is 6.42 Å². The van der Waals surface area contributed by atoms with E-state index < -0.39 is 11.9 Å². The molecule has 0 spiro atoms. The molecule has 2 heterocycles. The quantitative estimate of drug-likeness (QED) is 0.678. The lowest BCUT2D eigenvalue weighted by Gasteiger charge is -2.20. The number of halogens is 2. The van der Waals surface area contributed by atoms with Crippen molar-refractivity contribution in [3.63, 3.8) is 0 Å². The zero-order chi connectivity index (χ0) is 17.7. The van der Waals surface area contributed by atoms with Gasteiger partial charge in [-0.25, -0.2) is 0 Å².